The highest BCUT2D eigenvalue weighted by atomic mass is 32.2. The number of anilines is 1. The van der Waals surface area contributed by atoms with Gasteiger partial charge in [0.1, 0.15) is 11.5 Å². The van der Waals surface area contributed by atoms with Gasteiger partial charge in [-0.2, -0.15) is 0 Å². The van der Waals surface area contributed by atoms with Crippen molar-refractivity contribution >= 4 is 32.8 Å². The van der Waals surface area contributed by atoms with Crippen molar-refractivity contribution in [3.8, 4) is 11.5 Å². The number of amides is 1. The SMILES string of the molecule is C=CCOc1c(OC)cccc1[C@@H]1CC(=O)Nc2c(S(=O)(=O)c3ccc(C)cc3)csc21. The van der Waals surface area contributed by atoms with E-state index < -0.39 is 9.84 Å². The second-order valence-corrected chi connectivity index (χ2v) is 10.3. The number of nitrogens with one attached hydrogen (secondary N) is 1. The number of carbonyl (C=O) groups excluding carboxylic acids is 1. The van der Waals surface area contributed by atoms with Crippen molar-refractivity contribution in [2.75, 3.05) is 19.0 Å². The van der Waals surface area contributed by atoms with E-state index in [2.05, 4.69) is 11.9 Å². The average molecular weight is 470 g/mol. The molecule has 0 unspecified atom stereocenters. The monoisotopic (exact) mass is 469 g/mol. The summed E-state index contributed by atoms with van der Waals surface area (Å²) >= 11 is 1.32. The van der Waals surface area contributed by atoms with Crippen molar-refractivity contribution in [1.82, 2.24) is 0 Å². The van der Waals surface area contributed by atoms with Gasteiger partial charge in [0.2, 0.25) is 15.7 Å². The fourth-order valence-electron chi connectivity index (χ4n) is 3.76. The maximum absolute atomic E-state index is 13.3. The van der Waals surface area contributed by atoms with Gasteiger partial charge in [-0.15, -0.1) is 11.3 Å². The number of ether oxygens (including phenoxy) is 2. The maximum atomic E-state index is 13.3. The van der Waals surface area contributed by atoms with Crippen molar-refractivity contribution in [1.29, 1.82) is 0 Å². The maximum Gasteiger partial charge on any atom is 0.225 e. The molecule has 1 N–H and O–H groups in total. The molecule has 6 nitrogen and oxygen atoms in total. The Kier molecular flexibility index (Phi) is 6.08. The molecule has 0 saturated heterocycles. The molecule has 2 aromatic carbocycles. The topological polar surface area (TPSA) is 81.7 Å². The molecule has 1 atom stereocenters. The number of benzene rings is 2. The van der Waals surface area contributed by atoms with Crippen LogP contribution >= 0.6 is 11.3 Å². The van der Waals surface area contributed by atoms with Crippen LogP contribution in [0.15, 0.2) is 70.3 Å². The molecule has 166 valence electrons. The molecule has 0 aliphatic carbocycles. The Bertz CT molecular complexity index is 1280. The van der Waals surface area contributed by atoms with Gasteiger partial charge in [0, 0.05) is 28.2 Å². The lowest BCUT2D eigenvalue weighted by Gasteiger charge is -2.26. The van der Waals surface area contributed by atoms with Crippen LogP contribution in [0.3, 0.4) is 0 Å². The Labute approximate surface area is 191 Å². The third-order valence-corrected chi connectivity index (χ3v) is 8.37. The predicted molar refractivity (Wildman–Crippen MR) is 125 cm³/mol. The largest absolute Gasteiger partial charge is 0.493 e. The molecule has 3 aromatic rings. The standard InChI is InChI=1S/C24H23NO5S2/c1-4-12-30-23-17(6-5-7-19(23)29-3)18-13-21(26)25-22-20(14-31-24(18)22)32(27,28)16-10-8-15(2)9-11-16/h4-11,14,18H,1,12-13H2,2-3H3,(H,25,26)/t18-/m0/s1. The number of thiophene rings is 1. The second-order valence-electron chi connectivity index (χ2n) is 7.44. The molecule has 0 spiro atoms. The zero-order valence-electron chi connectivity index (χ0n) is 17.8. The first-order valence-corrected chi connectivity index (χ1v) is 12.4. The number of aryl methyl sites for hydroxylation is 1. The molecule has 1 aromatic heterocycles. The van der Waals surface area contributed by atoms with Gasteiger partial charge in [-0.3, -0.25) is 4.79 Å². The molecular weight excluding hydrogens is 446 g/mol. The number of methoxy groups -OCH3 is 1. The Morgan fingerprint density at radius 1 is 1.22 bits per heavy atom. The first-order valence-electron chi connectivity index (χ1n) is 10.0. The fraction of sp³-hybridized carbons (Fsp3) is 0.208. The minimum atomic E-state index is -3.79. The van der Waals surface area contributed by atoms with E-state index in [1.165, 1.54) is 11.3 Å². The summed E-state index contributed by atoms with van der Waals surface area (Å²) in [5.74, 6) is 0.456. The van der Waals surface area contributed by atoms with Crippen LogP contribution in [0.5, 0.6) is 11.5 Å². The van der Waals surface area contributed by atoms with E-state index in [1.807, 2.05) is 19.1 Å². The number of hydrogen-bond donors (Lipinski definition) is 1. The Hall–Kier alpha value is -3.10. The van der Waals surface area contributed by atoms with Crippen LogP contribution in [0.1, 0.15) is 28.3 Å². The van der Waals surface area contributed by atoms with E-state index in [9.17, 15) is 13.2 Å². The van der Waals surface area contributed by atoms with E-state index in [1.54, 1.807) is 48.9 Å². The van der Waals surface area contributed by atoms with Crippen LogP contribution in [0.25, 0.3) is 0 Å². The molecule has 2 heterocycles. The van der Waals surface area contributed by atoms with Crippen molar-refractivity contribution in [2.45, 2.75) is 29.1 Å². The molecule has 4 rings (SSSR count). The number of rotatable bonds is 7. The van der Waals surface area contributed by atoms with Crippen molar-refractivity contribution in [3.05, 3.63) is 76.5 Å². The highest BCUT2D eigenvalue weighted by Crippen LogP contribution is 2.49. The van der Waals surface area contributed by atoms with Gasteiger partial charge in [0.25, 0.3) is 0 Å². The third kappa shape index (κ3) is 3.91. The van der Waals surface area contributed by atoms with Crippen LogP contribution in [0.2, 0.25) is 0 Å². The zero-order valence-corrected chi connectivity index (χ0v) is 19.4. The van der Waals surface area contributed by atoms with Gasteiger partial charge in [-0.05, 0) is 25.1 Å². The van der Waals surface area contributed by atoms with E-state index in [-0.39, 0.29) is 34.6 Å². The molecule has 1 amide bonds. The summed E-state index contributed by atoms with van der Waals surface area (Å²) < 4.78 is 38.0. The van der Waals surface area contributed by atoms with Crippen LogP contribution in [0.4, 0.5) is 5.69 Å². The number of sulfone groups is 1. The molecule has 0 radical (unpaired) electrons. The van der Waals surface area contributed by atoms with Gasteiger partial charge < -0.3 is 14.8 Å². The van der Waals surface area contributed by atoms with Crippen LogP contribution in [-0.2, 0) is 14.6 Å². The zero-order chi connectivity index (χ0) is 22.9. The van der Waals surface area contributed by atoms with Gasteiger partial charge in [0.05, 0.1) is 17.7 Å². The highest BCUT2D eigenvalue weighted by Gasteiger charge is 2.36. The summed E-state index contributed by atoms with van der Waals surface area (Å²) in [6.07, 6.45) is 1.81. The number of carbonyl (C=O) groups is 1. The lowest BCUT2D eigenvalue weighted by Crippen LogP contribution is -2.24. The quantitative estimate of drug-likeness (QED) is 0.496. The van der Waals surface area contributed by atoms with Crippen molar-refractivity contribution in [3.63, 3.8) is 0 Å². The van der Waals surface area contributed by atoms with Crippen LogP contribution < -0.4 is 14.8 Å². The second kappa shape index (κ2) is 8.80. The Morgan fingerprint density at radius 3 is 2.66 bits per heavy atom. The van der Waals surface area contributed by atoms with E-state index in [4.69, 9.17) is 9.47 Å². The van der Waals surface area contributed by atoms with E-state index >= 15 is 0 Å². The molecule has 0 fully saturated rings. The number of hydrogen-bond acceptors (Lipinski definition) is 6. The van der Waals surface area contributed by atoms with E-state index in [0.717, 1.165) is 16.0 Å². The lowest BCUT2D eigenvalue weighted by atomic mass is 9.89. The highest BCUT2D eigenvalue weighted by molar-refractivity contribution is 7.91. The van der Waals surface area contributed by atoms with Crippen LogP contribution in [0, 0.1) is 6.92 Å². The first kappa shape index (κ1) is 22.1. The number of para-hydroxylation sites is 1. The predicted octanol–water partition coefficient (Wildman–Crippen LogP) is 4.94. The molecule has 1 aliphatic heterocycles. The van der Waals surface area contributed by atoms with Gasteiger partial charge >= 0.3 is 0 Å². The van der Waals surface area contributed by atoms with E-state index in [0.29, 0.717) is 17.2 Å². The van der Waals surface area contributed by atoms with Gasteiger partial charge in [-0.25, -0.2) is 8.42 Å². The molecule has 1 aliphatic rings. The molecular formula is C24H23NO5S2. The molecule has 0 saturated carbocycles. The van der Waals surface area contributed by atoms with Crippen molar-refractivity contribution in [2.24, 2.45) is 0 Å². The van der Waals surface area contributed by atoms with Gasteiger partial charge in [0.15, 0.2) is 11.5 Å². The minimum Gasteiger partial charge on any atom is -0.493 e. The molecule has 32 heavy (non-hydrogen) atoms. The molecule has 0 bridgehead atoms. The third-order valence-electron chi connectivity index (χ3n) is 5.33. The first-order chi connectivity index (χ1) is 15.4. The lowest BCUT2D eigenvalue weighted by molar-refractivity contribution is -0.116. The minimum absolute atomic E-state index is 0.107. The smallest absolute Gasteiger partial charge is 0.225 e. The summed E-state index contributed by atoms with van der Waals surface area (Å²) in [5, 5.41) is 4.39. The Morgan fingerprint density at radius 2 is 1.97 bits per heavy atom. The normalized spacial score (nSPS) is 15.6. The fourth-order valence-corrected chi connectivity index (χ4v) is 6.66. The summed E-state index contributed by atoms with van der Waals surface area (Å²) in [5.41, 5.74) is 2.08. The summed E-state index contributed by atoms with van der Waals surface area (Å²) in [4.78, 5) is 13.7. The van der Waals surface area contributed by atoms with Gasteiger partial charge in [-0.1, -0.05) is 42.5 Å². The summed E-state index contributed by atoms with van der Waals surface area (Å²) in [6, 6.07) is 12.2. The molecule has 8 heteroatoms. The number of fused-ring (bicyclic) bond motifs is 1. The summed E-state index contributed by atoms with van der Waals surface area (Å²) in [6.45, 7) is 5.86. The summed E-state index contributed by atoms with van der Waals surface area (Å²) in [7, 11) is -2.24. The van der Waals surface area contributed by atoms with Crippen molar-refractivity contribution < 1.29 is 22.7 Å². The van der Waals surface area contributed by atoms with Crippen LogP contribution in [-0.4, -0.2) is 28.0 Å². The average Bonchev–Trinajstić information content (AvgIpc) is 3.21. The Balaban J connectivity index is 1.83.